The van der Waals surface area contributed by atoms with Gasteiger partial charge in [0, 0.05) is 10.5 Å². The first-order valence-corrected chi connectivity index (χ1v) is 4.74. The predicted octanol–water partition coefficient (Wildman–Crippen LogP) is 3.49. The molecule has 2 N–H and O–H groups in total. The van der Waals surface area contributed by atoms with Crippen molar-refractivity contribution in [3.05, 3.63) is 33.8 Å². The van der Waals surface area contributed by atoms with Crippen molar-refractivity contribution in [3.8, 4) is 0 Å². The predicted molar refractivity (Wildman–Crippen MR) is 51.7 cm³/mol. The summed E-state index contributed by atoms with van der Waals surface area (Å²) in [5.41, 5.74) is 4.88. The average Bonchev–Trinajstić information content (AvgIpc) is 2.01. The average molecular weight is 268 g/mol. The molecule has 0 heterocycles. The van der Waals surface area contributed by atoms with Gasteiger partial charge in [0.25, 0.3) is 0 Å². The van der Waals surface area contributed by atoms with Crippen molar-refractivity contribution in [2.75, 3.05) is 0 Å². The number of nitrogens with two attached hydrogens (primary N) is 1. The summed E-state index contributed by atoms with van der Waals surface area (Å²) in [5, 5.41) is 0. The molecule has 1 aromatic rings. The lowest BCUT2D eigenvalue weighted by molar-refractivity contribution is -0.138. The molecule has 0 saturated heterocycles. The summed E-state index contributed by atoms with van der Waals surface area (Å²) >= 11 is 3.00. The highest BCUT2D eigenvalue weighted by Gasteiger charge is 2.34. The third-order valence-electron chi connectivity index (χ3n) is 1.81. The Balaban J connectivity index is 3.30. The SMILES string of the molecule is CC(N)c1ccc(Br)cc1C(F)(F)F. The van der Waals surface area contributed by atoms with Crippen molar-refractivity contribution >= 4 is 15.9 Å². The fraction of sp³-hybridized carbons (Fsp3) is 0.333. The third-order valence-corrected chi connectivity index (χ3v) is 2.30. The zero-order valence-corrected chi connectivity index (χ0v) is 8.98. The van der Waals surface area contributed by atoms with Crippen LogP contribution in [0, 0.1) is 0 Å². The van der Waals surface area contributed by atoms with Crippen LogP contribution in [-0.2, 0) is 6.18 Å². The van der Waals surface area contributed by atoms with Gasteiger partial charge in [-0.15, -0.1) is 0 Å². The summed E-state index contributed by atoms with van der Waals surface area (Å²) in [6.45, 7) is 1.53. The van der Waals surface area contributed by atoms with Gasteiger partial charge in [0.15, 0.2) is 0 Å². The number of hydrogen-bond acceptors (Lipinski definition) is 1. The van der Waals surface area contributed by atoms with Crippen LogP contribution in [0.25, 0.3) is 0 Å². The Kier molecular flexibility index (Phi) is 3.21. The van der Waals surface area contributed by atoms with Gasteiger partial charge in [-0.2, -0.15) is 13.2 Å². The molecular formula is C9H9BrF3N. The van der Waals surface area contributed by atoms with Gasteiger partial charge in [-0.3, -0.25) is 0 Å². The molecule has 0 aliphatic heterocycles. The van der Waals surface area contributed by atoms with Crippen LogP contribution in [0.4, 0.5) is 13.2 Å². The summed E-state index contributed by atoms with van der Waals surface area (Å²) in [7, 11) is 0. The Morgan fingerprint density at radius 1 is 1.36 bits per heavy atom. The quantitative estimate of drug-likeness (QED) is 0.828. The van der Waals surface area contributed by atoms with E-state index < -0.39 is 17.8 Å². The van der Waals surface area contributed by atoms with E-state index in [0.29, 0.717) is 4.47 Å². The van der Waals surface area contributed by atoms with Gasteiger partial charge in [-0.25, -0.2) is 0 Å². The molecular weight excluding hydrogens is 259 g/mol. The van der Waals surface area contributed by atoms with Crippen LogP contribution < -0.4 is 5.73 Å². The van der Waals surface area contributed by atoms with Crippen LogP contribution in [0.1, 0.15) is 24.1 Å². The van der Waals surface area contributed by atoms with E-state index in [1.807, 2.05) is 0 Å². The second-order valence-electron chi connectivity index (χ2n) is 3.02. The summed E-state index contributed by atoms with van der Waals surface area (Å²) in [6, 6.07) is 3.35. The van der Waals surface area contributed by atoms with E-state index in [4.69, 9.17) is 5.73 Å². The van der Waals surface area contributed by atoms with Gasteiger partial charge >= 0.3 is 6.18 Å². The minimum atomic E-state index is -4.35. The van der Waals surface area contributed by atoms with Gasteiger partial charge in [-0.1, -0.05) is 22.0 Å². The molecule has 1 nitrogen and oxygen atoms in total. The molecule has 78 valence electrons. The fourth-order valence-corrected chi connectivity index (χ4v) is 1.53. The van der Waals surface area contributed by atoms with Crippen LogP contribution in [-0.4, -0.2) is 0 Å². The highest BCUT2D eigenvalue weighted by atomic mass is 79.9. The zero-order valence-electron chi connectivity index (χ0n) is 7.40. The van der Waals surface area contributed by atoms with E-state index in [9.17, 15) is 13.2 Å². The van der Waals surface area contributed by atoms with Crippen molar-refractivity contribution < 1.29 is 13.2 Å². The second kappa shape index (κ2) is 3.90. The van der Waals surface area contributed by atoms with Gasteiger partial charge < -0.3 is 5.73 Å². The van der Waals surface area contributed by atoms with Gasteiger partial charge in [-0.05, 0) is 24.6 Å². The monoisotopic (exact) mass is 267 g/mol. The molecule has 5 heteroatoms. The molecule has 1 unspecified atom stereocenters. The van der Waals surface area contributed by atoms with Crippen LogP contribution >= 0.6 is 15.9 Å². The van der Waals surface area contributed by atoms with Crippen molar-refractivity contribution in [3.63, 3.8) is 0 Å². The minimum Gasteiger partial charge on any atom is -0.324 e. The highest BCUT2D eigenvalue weighted by molar-refractivity contribution is 9.10. The molecule has 1 aromatic carbocycles. The number of hydrogen-bond donors (Lipinski definition) is 1. The molecule has 0 spiro atoms. The summed E-state index contributed by atoms with van der Waals surface area (Å²) in [6.07, 6.45) is -4.35. The fourth-order valence-electron chi connectivity index (χ4n) is 1.17. The number of halogens is 4. The smallest absolute Gasteiger partial charge is 0.324 e. The van der Waals surface area contributed by atoms with Crippen LogP contribution in [0.2, 0.25) is 0 Å². The van der Waals surface area contributed by atoms with E-state index in [1.165, 1.54) is 13.0 Å². The van der Waals surface area contributed by atoms with E-state index in [0.717, 1.165) is 6.07 Å². The van der Waals surface area contributed by atoms with Crippen LogP contribution in [0.5, 0.6) is 0 Å². The Hall–Kier alpha value is -0.550. The number of rotatable bonds is 1. The summed E-state index contributed by atoms with van der Waals surface area (Å²) in [4.78, 5) is 0. The van der Waals surface area contributed by atoms with Gasteiger partial charge in [0.1, 0.15) is 0 Å². The summed E-state index contributed by atoms with van der Waals surface area (Å²) < 4.78 is 37.9. The molecule has 1 atom stereocenters. The van der Waals surface area contributed by atoms with Crippen molar-refractivity contribution in [1.82, 2.24) is 0 Å². The molecule has 0 radical (unpaired) electrons. The largest absolute Gasteiger partial charge is 0.416 e. The molecule has 0 aliphatic rings. The molecule has 0 aromatic heterocycles. The molecule has 14 heavy (non-hydrogen) atoms. The number of alkyl halides is 3. The first-order valence-electron chi connectivity index (χ1n) is 3.94. The Morgan fingerprint density at radius 2 is 1.93 bits per heavy atom. The van der Waals surface area contributed by atoms with Gasteiger partial charge in [0.05, 0.1) is 5.56 Å². The lowest BCUT2D eigenvalue weighted by Crippen LogP contribution is -2.15. The lowest BCUT2D eigenvalue weighted by Gasteiger charge is -2.15. The van der Waals surface area contributed by atoms with E-state index in [1.54, 1.807) is 6.07 Å². The first kappa shape index (κ1) is 11.5. The maximum absolute atomic E-state index is 12.5. The van der Waals surface area contributed by atoms with Crippen molar-refractivity contribution in [1.29, 1.82) is 0 Å². The topological polar surface area (TPSA) is 26.0 Å². The van der Waals surface area contributed by atoms with E-state index >= 15 is 0 Å². The molecule has 0 fully saturated rings. The standard InChI is InChI=1S/C9H9BrF3N/c1-5(14)7-3-2-6(10)4-8(7)9(11,12)13/h2-5H,14H2,1H3. The van der Waals surface area contributed by atoms with E-state index in [-0.39, 0.29) is 5.56 Å². The Labute approximate surface area is 88.2 Å². The second-order valence-corrected chi connectivity index (χ2v) is 3.93. The first-order chi connectivity index (χ1) is 6.32. The third kappa shape index (κ3) is 2.48. The maximum Gasteiger partial charge on any atom is 0.416 e. The molecule has 0 amide bonds. The highest BCUT2D eigenvalue weighted by Crippen LogP contribution is 2.35. The molecule has 0 aliphatic carbocycles. The number of benzene rings is 1. The minimum absolute atomic E-state index is 0.112. The van der Waals surface area contributed by atoms with Crippen molar-refractivity contribution in [2.24, 2.45) is 5.73 Å². The van der Waals surface area contributed by atoms with Gasteiger partial charge in [0.2, 0.25) is 0 Å². The lowest BCUT2D eigenvalue weighted by atomic mass is 10.0. The summed E-state index contributed by atoms with van der Waals surface area (Å²) in [5.74, 6) is 0. The van der Waals surface area contributed by atoms with Crippen LogP contribution in [0.3, 0.4) is 0 Å². The maximum atomic E-state index is 12.5. The normalized spacial score (nSPS) is 14.1. The van der Waals surface area contributed by atoms with Crippen LogP contribution in [0.15, 0.2) is 22.7 Å². The van der Waals surface area contributed by atoms with Crippen molar-refractivity contribution in [2.45, 2.75) is 19.1 Å². The molecule has 0 saturated carbocycles. The molecule has 0 bridgehead atoms. The Morgan fingerprint density at radius 3 is 2.36 bits per heavy atom. The Bertz CT molecular complexity index is 333. The van der Waals surface area contributed by atoms with E-state index in [2.05, 4.69) is 15.9 Å². The zero-order chi connectivity index (χ0) is 10.9. The molecule has 1 rings (SSSR count).